The fraction of sp³-hybridized carbons (Fsp3) is 0.364. The zero-order chi connectivity index (χ0) is 19.2. The van der Waals surface area contributed by atoms with Gasteiger partial charge in [0.1, 0.15) is 0 Å². The number of primary amides is 1. The van der Waals surface area contributed by atoms with E-state index in [4.69, 9.17) is 5.73 Å². The molecule has 3 rings (SSSR count). The molecular weight excluding hydrogens is 338 g/mol. The maximum absolute atomic E-state index is 12.7. The number of anilines is 1. The molecule has 0 unspecified atom stereocenters. The molecule has 5 heteroatoms. The average molecular weight is 365 g/mol. The van der Waals surface area contributed by atoms with Gasteiger partial charge in [0.2, 0.25) is 0 Å². The second kappa shape index (κ2) is 8.71. The highest BCUT2D eigenvalue weighted by Gasteiger charge is 2.23. The number of carbonyl (C=O) groups is 2. The van der Waals surface area contributed by atoms with Gasteiger partial charge < -0.3 is 16.0 Å². The standard InChI is InChI=1S/C22H27N3O2/c1-16-2-4-17(5-3-16)6-7-18-12-14-25(15-13-18)21(26)19-8-10-20(11-9-19)24-22(23)27/h2-5,8-11,18H,6-7,12-15H2,1H3,(H3,23,24,27). The van der Waals surface area contributed by atoms with E-state index in [1.165, 1.54) is 17.5 Å². The fourth-order valence-electron chi connectivity index (χ4n) is 3.57. The van der Waals surface area contributed by atoms with E-state index in [0.717, 1.165) is 32.4 Å². The van der Waals surface area contributed by atoms with Crippen molar-refractivity contribution >= 4 is 17.6 Å². The molecule has 0 bridgehead atoms. The van der Waals surface area contributed by atoms with Crippen molar-refractivity contribution in [2.24, 2.45) is 11.7 Å². The van der Waals surface area contributed by atoms with Crippen LogP contribution in [0.1, 0.15) is 40.7 Å². The maximum atomic E-state index is 12.7. The lowest BCUT2D eigenvalue weighted by molar-refractivity contribution is 0.0687. The van der Waals surface area contributed by atoms with Crippen molar-refractivity contribution in [2.45, 2.75) is 32.6 Å². The quantitative estimate of drug-likeness (QED) is 0.841. The summed E-state index contributed by atoms with van der Waals surface area (Å²) in [6, 6.07) is 15.0. The van der Waals surface area contributed by atoms with Crippen LogP contribution in [-0.4, -0.2) is 29.9 Å². The summed E-state index contributed by atoms with van der Waals surface area (Å²) < 4.78 is 0. The van der Waals surface area contributed by atoms with Crippen molar-refractivity contribution in [1.29, 1.82) is 0 Å². The zero-order valence-electron chi connectivity index (χ0n) is 15.8. The zero-order valence-corrected chi connectivity index (χ0v) is 15.8. The number of likely N-dealkylation sites (tertiary alicyclic amines) is 1. The molecule has 3 amide bonds. The lowest BCUT2D eigenvalue weighted by Crippen LogP contribution is -2.38. The van der Waals surface area contributed by atoms with Gasteiger partial charge in [-0.15, -0.1) is 0 Å². The molecule has 0 radical (unpaired) electrons. The van der Waals surface area contributed by atoms with E-state index in [2.05, 4.69) is 36.5 Å². The van der Waals surface area contributed by atoms with Crippen LogP contribution < -0.4 is 11.1 Å². The molecule has 1 fully saturated rings. The third-order valence-corrected chi connectivity index (χ3v) is 5.26. The van der Waals surface area contributed by atoms with Gasteiger partial charge in [0.25, 0.3) is 5.91 Å². The summed E-state index contributed by atoms with van der Waals surface area (Å²) in [5, 5.41) is 2.50. The van der Waals surface area contributed by atoms with Crippen molar-refractivity contribution in [2.75, 3.05) is 18.4 Å². The van der Waals surface area contributed by atoms with Crippen LogP contribution in [0.15, 0.2) is 48.5 Å². The maximum Gasteiger partial charge on any atom is 0.316 e. The molecule has 0 atom stereocenters. The molecule has 1 aliphatic heterocycles. The molecule has 142 valence electrons. The van der Waals surface area contributed by atoms with Crippen LogP contribution in [-0.2, 0) is 6.42 Å². The molecule has 0 aromatic heterocycles. The van der Waals surface area contributed by atoms with E-state index in [1.54, 1.807) is 24.3 Å². The second-order valence-corrected chi connectivity index (χ2v) is 7.33. The smallest absolute Gasteiger partial charge is 0.316 e. The number of urea groups is 1. The van der Waals surface area contributed by atoms with Gasteiger partial charge in [-0.2, -0.15) is 0 Å². The third-order valence-electron chi connectivity index (χ3n) is 5.26. The number of hydrogen-bond donors (Lipinski definition) is 2. The number of aryl methyl sites for hydroxylation is 2. The van der Waals surface area contributed by atoms with E-state index in [1.807, 2.05) is 4.90 Å². The largest absolute Gasteiger partial charge is 0.351 e. The van der Waals surface area contributed by atoms with Crippen LogP contribution in [0.25, 0.3) is 0 Å². The van der Waals surface area contributed by atoms with Crippen LogP contribution in [0.2, 0.25) is 0 Å². The molecule has 2 aromatic rings. The minimum Gasteiger partial charge on any atom is -0.351 e. The number of nitrogens with two attached hydrogens (primary N) is 1. The van der Waals surface area contributed by atoms with Crippen LogP contribution >= 0.6 is 0 Å². The highest BCUT2D eigenvalue weighted by atomic mass is 16.2. The number of hydrogen-bond acceptors (Lipinski definition) is 2. The number of rotatable bonds is 5. The van der Waals surface area contributed by atoms with E-state index < -0.39 is 6.03 Å². The van der Waals surface area contributed by atoms with E-state index >= 15 is 0 Å². The summed E-state index contributed by atoms with van der Waals surface area (Å²) >= 11 is 0. The monoisotopic (exact) mass is 365 g/mol. The molecule has 3 N–H and O–H groups in total. The van der Waals surface area contributed by atoms with Gasteiger partial charge in [-0.1, -0.05) is 29.8 Å². The summed E-state index contributed by atoms with van der Waals surface area (Å²) in [6.07, 6.45) is 4.39. The fourth-order valence-corrected chi connectivity index (χ4v) is 3.57. The predicted molar refractivity (Wildman–Crippen MR) is 108 cm³/mol. The first-order chi connectivity index (χ1) is 13.0. The first-order valence-electron chi connectivity index (χ1n) is 9.52. The number of carbonyl (C=O) groups excluding carboxylic acids is 2. The van der Waals surface area contributed by atoms with Crippen molar-refractivity contribution in [3.8, 4) is 0 Å². The van der Waals surface area contributed by atoms with Crippen LogP contribution in [0.5, 0.6) is 0 Å². The Morgan fingerprint density at radius 3 is 2.26 bits per heavy atom. The van der Waals surface area contributed by atoms with Crippen LogP contribution in [0.4, 0.5) is 10.5 Å². The van der Waals surface area contributed by atoms with Gasteiger partial charge in [-0.3, -0.25) is 4.79 Å². The third kappa shape index (κ3) is 5.33. The Hall–Kier alpha value is -2.82. The first-order valence-corrected chi connectivity index (χ1v) is 9.52. The molecule has 2 aromatic carbocycles. The van der Waals surface area contributed by atoms with Crippen molar-refractivity contribution in [3.63, 3.8) is 0 Å². The molecule has 0 saturated carbocycles. The summed E-state index contributed by atoms with van der Waals surface area (Å²) in [6.45, 7) is 3.72. The molecular formula is C22H27N3O2. The summed E-state index contributed by atoms with van der Waals surface area (Å²) in [4.78, 5) is 25.5. The van der Waals surface area contributed by atoms with E-state index in [9.17, 15) is 9.59 Å². The second-order valence-electron chi connectivity index (χ2n) is 7.33. The highest BCUT2D eigenvalue weighted by molar-refractivity contribution is 5.95. The Morgan fingerprint density at radius 2 is 1.67 bits per heavy atom. The summed E-state index contributed by atoms with van der Waals surface area (Å²) in [7, 11) is 0. The topological polar surface area (TPSA) is 75.4 Å². The molecule has 27 heavy (non-hydrogen) atoms. The SMILES string of the molecule is Cc1ccc(CCC2CCN(C(=O)c3ccc(NC(N)=O)cc3)CC2)cc1. The first kappa shape index (κ1) is 19.0. The Morgan fingerprint density at radius 1 is 1.04 bits per heavy atom. The Balaban J connectivity index is 1.47. The van der Waals surface area contributed by atoms with Crippen molar-refractivity contribution in [3.05, 3.63) is 65.2 Å². The Bertz CT molecular complexity index is 776. The van der Waals surface area contributed by atoms with Gasteiger partial charge >= 0.3 is 6.03 Å². The highest BCUT2D eigenvalue weighted by Crippen LogP contribution is 2.24. The van der Waals surface area contributed by atoms with Gasteiger partial charge in [0, 0.05) is 24.3 Å². The summed E-state index contributed by atoms with van der Waals surface area (Å²) in [5.74, 6) is 0.732. The van der Waals surface area contributed by atoms with Crippen LogP contribution in [0.3, 0.4) is 0 Å². The molecule has 5 nitrogen and oxygen atoms in total. The molecule has 1 heterocycles. The summed E-state index contributed by atoms with van der Waals surface area (Å²) in [5.41, 5.74) is 9.02. The van der Waals surface area contributed by atoms with Gasteiger partial charge in [-0.25, -0.2) is 4.79 Å². The Kier molecular flexibility index (Phi) is 6.12. The lowest BCUT2D eigenvalue weighted by atomic mass is 9.90. The number of amides is 3. The molecule has 1 aliphatic rings. The normalized spacial score (nSPS) is 14.8. The van der Waals surface area contributed by atoms with Crippen molar-refractivity contribution in [1.82, 2.24) is 4.90 Å². The van der Waals surface area contributed by atoms with Crippen LogP contribution in [0, 0.1) is 12.8 Å². The molecule has 1 saturated heterocycles. The predicted octanol–water partition coefficient (Wildman–Crippen LogP) is 3.97. The lowest BCUT2D eigenvalue weighted by Gasteiger charge is -2.32. The van der Waals surface area contributed by atoms with Gasteiger partial charge in [0.15, 0.2) is 0 Å². The van der Waals surface area contributed by atoms with E-state index in [0.29, 0.717) is 17.2 Å². The Labute approximate surface area is 160 Å². The number of nitrogens with one attached hydrogen (secondary N) is 1. The van der Waals surface area contributed by atoms with Gasteiger partial charge in [0.05, 0.1) is 0 Å². The minimum atomic E-state index is -0.609. The molecule has 0 aliphatic carbocycles. The number of benzene rings is 2. The molecule has 0 spiro atoms. The number of piperidine rings is 1. The van der Waals surface area contributed by atoms with Crippen molar-refractivity contribution < 1.29 is 9.59 Å². The van der Waals surface area contributed by atoms with Gasteiger partial charge in [-0.05, 0) is 68.4 Å². The minimum absolute atomic E-state index is 0.0533. The average Bonchev–Trinajstić information content (AvgIpc) is 2.67. The van der Waals surface area contributed by atoms with E-state index in [-0.39, 0.29) is 5.91 Å². The number of nitrogens with zero attached hydrogens (tertiary/aromatic N) is 1.